The molecule has 3 N–H and O–H groups in total. The smallest absolute Gasteiger partial charge is 0.200 e. The number of allylic oxidation sites excluding steroid dienone is 4. The van der Waals surface area contributed by atoms with Gasteiger partial charge in [-0.05, 0) is 70.7 Å². The quantitative estimate of drug-likeness (QED) is 0.418. The van der Waals surface area contributed by atoms with Crippen molar-refractivity contribution < 1.29 is 19.7 Å². The van der Waals surface area contributed by atoms with E-state index in [0.29, 0.717) is 28.5 Å². The van der Waals surface area contributed by atoms with E-state index < -0.39 is 0 Å². The molecule has 0 aliphatic heterocycles. The van der Waals surface area contributed by atoms with E-state index in [-0.39, 0.29) is 33.8 Å². The first-order valence-electron chi connectivity index (χ1n) is 10.3. The summed E-state index contributed by atoms with van der Waals surface area (Å²) in [4.78, 5) is 13.0. The van der Waals surface area contributed by atoms with Crippen molar-refractivity contribution in [1.82, 2.24) is 0 Å². The van der Waals surface area contributed by atoms with E-state index in [1.54, 1.807) is 13.0 Å². The number of hydrogen-bond acceptors (Lipinski definition) is 5. The third-order valence-corrected chi connectivity index (χ3v) is 5.36. The molecule has 0 aliphatic carbocycles. The van der Waals surface area contributed by atoms with Crippen LogP contribution in [0.5, 0.6) is 17.2 Å². The lowest BCUT2D eigenvalue weighted by molar-refractivity contribution is 0.439. The van der Waals surface area contributed by atoms with Crippen molar-refractivity contribution in [3.05, 3.63) is 75.2 Å². The Hall–Kier alpha value is -3.47. The fourth-order valence-corrected chi connectivity index (χ4v) is 3.53. The number of aryl methyl sites for hydroxylation is 1. The van der Waals surface area contributed by atoms with Crippen molar-refractivity contribution in [3.63, 3.8) is 0 Å². The summed E-state index contributed by atoms with van der Waals surface area (Å²) < 4.78 is 5.53. The third-order valence-electron chi connectivity index (χ3n) is 5.36. The van der Waals surface area contributed by atoms with Gasteiger partial charge < -0.3 is 19.7 Å². The Morgan fingerprint density at radius 1 is 1.00 bits per heavy atom. The third kappa shape index (κ3) is 4.82. The molecule has 1 heterocycles. The lowest BCUT2D eigenvalue weighted by Gasteiger charge is -2.14. The van der Waals surface area contributed by atoms with Gasteiger partial charge in [-0.25, -0.2) is 0 Å². The molecule has 2 aromatic carbocycles. The summed E-state index contributed by atoms with van der Waals surface area (Å²) in [5.74, 6) is -0.118. The van der Waals surface area contributed by atoms with Crippen molar-refractivity contribution in [2.45, 2.75) is 47.0 Å². The topological polar surface area (TPSA) is 90.9 Å². The molecular weight excluding hydrogens is 392 g/mol. The highest BCUT2D eigenvalue weighted by molar-refractivity contribution is 5.84. The zero-order chi connectivity index (χ0) is 22.7. The SMILES string of the molecule is CC(C)=CCCC(C)=CCc1c(O)c(C)cc(-c2coc3cc(O)ccc3c2=O)c1O. The predicted molar refractivity (Wildman–Crippen MR) is 124 cm³/mol. The van der Waals surface area contributed by atoms with Gasteiger partial charge in [0.05, 0.1) is 10.9 Å². The molecule has 0 saturated heterocycles. The molecular formula is C26H28O5. The molecule has 3 rings (SSSR count). The highest BCUT2D eigenvalue weighted by Gasteiger charge is 2.19. The zero-order valence-electron chi connectivity index (χ0n) is 18.3. The molecule has 5 nitrogen and oxygen atoms in total. The summed E-state index contributed by atoms with van der Waals surface area (Å²) in [6, 6.07) is 5.86. The van der Waals surface area contributed by atoms with Gasteiger partial charge in [-0.3, -0.25) is 4.79 Å². The molecule has 31 heavy (non-hydrogen) atoms. The number of aromatic hydroxyl groups is 3. The Morgan fingerprint density at radius 3 is 2.45 bits per heavy atom. The molecule has 0 radical (unpaired) electrons. The van der Waals surface area contributed by atoms with E-state index in [1.165, 1.54) is 30.0 Å². The van der Waals surface area contributed by atoms with Crippen LogP contribution in [0.1, 0.15) is 44.7 Å². The largest absolute Gasteiger partial charge is 0.508 e. The summed E-state index contributed by atoms with van der Waals surface area (Å²) in [6.45, 7) is 7.88. The van der Waals surface area contributed by atoms with Crippen LogP contribution in [0.25, 0.3) is 22.1 Å². The molecule has 0 fully saturated rings. The summed E-state index contributed by atoms with van der Waals surface area (Å²) in [7, 11) is 0. The molecule has 0 bridgehead atoms. The van der Waals surface area contributed by atoms with Crippen molar-refractivity contribution in [3.8, 4) is 28.4 Å². The fourth-order valence-electron chi connectivity index (χ4n) is 3.53. The molecule has 0 aliphatic rings. The average Bonchev–Trinajstić information content (AvgIpc) is 2.71. The highest BCUT2D eigenvalue weighted by Crippen LogP contribution is 2.39. The molecule has 0 amide bonds. The maximum atomic E-state index is 13.0. The Balaban J connectivity index is 2.02. The summed E-state index contributed by atoms with van der Waals surface area (Å²) in [6.07, 6.45) is 7.62. The van der Waals surface area contributed by atoms with Gasteiger partial charge in [-0.2, -0.15) is 0 Å². The monoisotopic (exact) mass is 420 g/mol. The lowest BCUT2D eigenvalue weighted by atomic mass is 9.95. The maximum Gasteiger partial charge on any atom is 0.200 e. The van der Waals surface area contributed by atoms with E-state index in [0.717, 1.165) is 18.4 Å². The standard InChI is InChI=1S/C26H28O5/c1-15(2)6-5-7-16(3)8-10-20-24(28)17(4)12-21(26(20)30)22-14-31-23-13-18(27)9-11-19(23)25(22)29/h6,8-9,11-14,27-28,30H,5,7,10H2,1-4H3. The second-order valence-electron chi connectivity index (χ2n) is 8.15. The minimum absolute atomic E-state index is 0.000700. The van der Waals surface area contributed by atoms with Crippen LogP contribution in [-0.2, 0) is 6.42 Å². The Morgan fingerprint density at radius 2 is 1.74 bits per heavy atom. The molecule has 5 heteroatoms. The van der Waals surface area contributed by atoms with Gasteiger partial charge in [0.1, 0.15) is 29.1 Å². The summed E-state index contributed by atoms with van der Waals surface area (Å²) in [5.41, 5.74) is 3.82. The van der Waals surface area contributed by atoms with Crippen LogP contribution in [0, 0.1) is 6.92 Å². The van der Waals surface area contributed by atoms with Crippen LogP contribution < -0.4 is 5.43 Å². The normalized spacial score (nSPS) is 11.7. The van der Waals surface area contributed by atoms with Crippen LogP contribution in [0.4, 0.5) is 0 Å². The van der Waals surface area contributed by atoms with Crippen LogP contribution in [0.15, 0.2) is 63.0 Å². The van der Waals surface area contributed by atoms with Gasteiger partial charge in [0.15, 0.2) is 0 Å². The zero-order valence-corrected chi connectivity index (χ0v) is 18.3. The van der Waals surface area contributed by atoms with Crippen LogP contribution in [-0.4, -0.2) is 15.3 Å². The number of benzene rings is 2. The van der Waals surface area contributed by atoms with Gasteiger partial charge in [0.2, 0.25) is 5.43 Å². The fraction of sp³-hybridized carbons (Fsp3) is 0.269. The Kier molecular flexibility index (Phi) is 6.54. The number of phenolic OH excluding ortho intramolecular Hbond substituents is 3. The molecule has 162 valence electrons. The van der Waals surface area contributed by atoms with Crippen LogP contribution in [0.3, 0.4) is 0 Å². The Bertz CT molecular complexity index is 1240. The second-order valence-corrected chi connectivity index (χ2v) is 8.15. The highest BCUT2D eigenvalue weighted by atomic mass is 16.3. The number of fused-ring (bicyclic) bond motifs is 1. The minimum Gasteiger partial charge on any atom is -0.508 e. The molecule has 0 saturated carbocycles. The summed E-state index contributed by atoms with van der Waals surface area (Å²) in [5, 5.41) is 31.4. The first-order valence-corrected chi connectivity index (χ1v) is 10.3. The molecule has 0 unspecified atom stereocenters. The van der Waals surface area contributed by atoms with E-state index in [1.807, 2.05) is 13.0 Å². The lowest BCUT2D eigenvalue weighted by Crippen LogP contribution is -2.05. The van der Waals surface area contributed by atoms with Crippen LogP contribution >= 0.6 is 0 Å². The van der Waals surface area contributed by atoms with Crippen molar-refractivity contribution in [2.24, 2.45) is 0 Å². The van der Waals surface area contributed by atoms with Gasteiger partial charge in [0, 0.05) is 17.2 Å². The van der Waals surface area contributed by atoms with Gasteiger partial charge in [-0.15, -0.1) is 0 Å². The summed E-state index contributed by atoms with van der Waals surface area (Å²) >= 11 is 0. The van der Waals surface area contributed by atoms with E-state index in [2.05, 4.69) is 19.9 Å². The minimum atomic E-state index is -0.318. The van der Waals surface area contributed by atoms with E-state index in [4.69, 9.17) is 4.42 Å². The van der Waals surface area contributed by atoms with Crippen molar-refractivity contribution in [1.29, 1.82) is 0 Å². The molecule has 3 aromatic rings. The Labute approximate surface area is 181 Å². The van der Waals surface area contributed by atoms with Gasteiger partial charge in [-0.1, -0.05) is 23.3 Å². The number of rotatable bonds is 6. The first kappa shape index (κ1) is 22.2. The number of hydrogen-bond donors (Lipinski definition) is 3. The number of phenols is 3. The van der Waals surface area contributed by atoms with Gasteiger partial charge >= 0.3 is 0 Å². The second kappa shape index (κ2) is 9.13. The van der Waals surface area contributed by atoms with Crippen LogP contribution in [0.2, 0.25) is 0 Å². The van der Waals surface area contributed by atoms with E-state index >= 15 is 0 Å². The van der Waals surface area contributed by atoms with Crippen molar-refractivity contribution in [2.75, 3.05) is 0 Å². The predicted octanol–water partition coefficient (Wildman–Crippen LogP) is 6.12. The molecule has 1 aromatic heterocycles. The van der Waals surface area contributed by atoms with E-state index in [9.17, 15) is 20.1 Å². The maximum absolute atomic E-state index is 13.0. The van der Waals surface area contributed by atoms with Gasteiger partial charge in [0.25, 0.3) is 0 Å². The average molecular weight is 421 g/mol. The molecule has 0 atom stereocenters. The first-order chi connectivity index (χ1) is 14.7. The molecule has 0 spiro atoms. The van der Waals surface area contributed by atoms with Crippen molar-refractivity contribution >= 4 is 11.0 Å².